The molecule has 0 aromatic heterocycles. The van der Waals surface area contributed by atoms with Gasteiger partial charge in [-0.1, -0.05) is 42.5 Å². The van der Waals surface area contributed by atoms with E-state index in [0.29, 0.717) is 24.3 Å². The number of ketones is 1. The van der Waals surface area contributed by atoms with E-state index < -0.39 is 10.2 Å². The number of carbonyl (C=O) groups is 1. The zero-order chi connectivity index (χ0) is 21.2. The molecular formula is C22H29N3O3S. The minimum Gasteiger partial charge on any atom is -0.298 e. The second-order valence-electron chi connectivity index (χ2n) is 7.78. The molecule has 1 heterocycles. The average molecular weight is 416 g/mol. The van der Waals surface area contributed by atoms with E-state index in [9.17, 15) is 13.2 Å². The van der Waals surface area contributed by atoms with Crippen LogP contribution in [0.25, 0.3) is 0 Å². The van der Waals surface area contributed by atoms with Gasteiger partial charge in [0.2, 0.25) is 0 Å². The summed E-state index contributed by atoms with van der Waals surface area (Å²) in [4.78, 5) is 13.7. The summed E-state index contributed by atoms with van der Waals surface area (Å²) in [6.45, 7) is 6.73. The molecule has 0 amide bonds. The van der Waals surface area contributed by atoms with E-state index in [4.69, 9.17) is 0 Å². The Hall–Kier alpha value is -2.22. The maximum atomic E-state index is 13.6. The number of hydrogen-bond donors (Lipinski definition) is 0. The standard InChI is InChI=1S/C22H29N3O3S/c1-17-14-24(15-18(2)23(17)4)29(27,28)25(22-8-6-5-7-9-22)16-20-10-12-21(13-11-20)19(3)26/h5-13,17-18H,14-16H2,1-4H3/t17-,18+. The molecule has 7 heteroatoms. The highest BCUT2D eigenvalue weighted by molar-refractivity contribution is 7.90. The molecule has 29 heavy (non-hydrogen) atoms. The van der Waals surface area contributed by atoms with Crippen molar-refractivity contribution in [3.05, 3.63) is 65.7 Å². The molecule has 0 bridgehead atoms. The van der Waals surface area contributed by atoms with E-state index >= 15 is 0 Å². The molecule has 1 fully saturated rings. The molecule has 0 radical (unpaired) electrons. The number of para-hydroxylation sites is 1. The highest BCUT2D eigenvalue weighted by atomic mass is 32.2. The second-order valence-corrected chi connectivity index (χ2v) is 9.64. The topological polar surface area (TPSA) is 60.9 Å². The first-order chi connectivity index (χ1) is 13.7. The fraction of sp³-hybridized carbons (Fsp3) is 0.409. The third kappa shape index (κ3) is 4.69. The largest absolute Gasteiger partial charge is 0.304 e. The van der Waals surface area contributed by atoms with Crippen molar-refractivity contribution in [3.63, 3.8) is 0 Å². The van der Waals surface area contributed by atoms with Crippen LogP contribution in [0.15, 0.2) is 54.6 Å². The number of nitrogens with zero attached hydrogens (tertiary/aromatic N) is 3. The number of benzene rings is 2. The SMILES string of the molecule is CC(=O)c1ccc(CN(c2ccccc2)S(=O)(=O)N2C[C@@H](C)N(C)[C@@H](C)C2)cc1. The van der Waals surface area contributed by atoms with Crippen LogP contribution in [0, 0.1) is 0 Å². The minimum atomic E-state index is -3.72. The number of likely N-dealkylation sites (N-methyl/N-ethyl adjacent to an activating group) is 1. The van der Waals surface area contributed by atoms with Gasteiger partial charge in [-0.3, -0.25) is 14.0 Å². The van der Waals surface area contributed by atoms with Crippen molar-refractivity contribution < 1.29 is 13.2 Å². The quantitative estimate of drug-likeness (QED) is 0.680. The van der Waals surface area contributed by atoms with Crippen molar-refractivity contribution in [1.29, 1.82) is 0 Å². The van der Waals surface area contributed by atoms with Gasteiger partial charge in [0.1, 0.15) is 0 Å². The zero-order valence-corrected chi connectivity index (χ0v) is 18.3. The van der Waals surface area contributed by atoms with Gasteiger partial charge >= 0.3 is 10.2 Å². The highest BCUT2D eigenvalue weighted by Gasteiger charge is 2.37. The lowest BCUT2D eigenvalue weighted by atomic mass is 10.1. The summed E-state index contributed by atoms with van der Waals surface area (Å²) >= 11 is 0. The van der Waals surface area contributed by atoms with E-state index in [1.165, 1.54) is 11.2 Å². The molecule has 0 unspecified atom stereocenters. The molecule has 3 rings (SSSR count). The normalized spacial score (nSPS) is 21.1. The zero-order valence-electron chi connectivity index (χ0n) is 17.4. The van der Waals surface area contributed by atoms with Gasteiger partial charge in [-0.05, 0) is 45.5 Å². The second kappa shape index (κ2) is 8.65. The van der Waals surface area contributed by atoms with Crippen molar-refractivity contribution in [1.82, 2.24) is 9.21 Å². The Balaban J connectivity index is 1.94. The van der Waals surface area contributed by atoms with Crippen LogP contribution in [-0.4, -0.2) is 55.6 Å². The highest BCUT2D eigenvalue weighted by Crippen LogP contribution is 2.26. The van der Waals surface area contributed by atoms with Crippen LogP contribution in [0.2, 0.25) is 0 Å². The fourth-order valence-corrected chi connectivity index (χ4v) is 5.38. The summed E-state index contributed by atoms with van der Waals surface area (Å²) in [6, 6.07) is 16.6. The van der Waals surface area contributed by atoms with Gasteiger partial charge in [0.05, 0.1) is 12.2 Å². The number of anilines is 1. The van der Waals surface area contributed by atoms with Crippen LogP contribution in [0.3, 0.4) is 0 Å². The molecule has 2 aromatic carbocycles. The predicted molar refractivity (Wildman–Crippen MR) is 116 cm³/mol. The van der Waals surface area contributed by atoms with E-state index in [-0.39, 0.29) is 24.4 Å². The number of rotatable bonds is 6. The van der Waals surface area contributed by atoms with Crippen molar-refractivity contribution >= 4 is 21.7 Å². The molecule has 156 valence electrons. The molecule has 6 nitrogen and oxygen atoms in total. The van der Waals surface area contributed by atoms with Crippen molar-refractivity contribution in [3.8, 4) is 0 Å². The van der Waals surface area contributed by atoms with Gasteiger partial charge < -0.3 is 0 Å². The minimum absolute atomic E-state index is 0.00972. The van der Waals surface area contributed by atoms with Crippen LogP contribution >= 0.6 is 0 Å². The summed E-state index contributed by atoms with van der Waals surface area (Å²) in [5, 5.41) is 0. The Kier molecular flexibility index (Phi) is 6.41. The maximum absolute atomic E-state index is 13.6. The van der Waals surface area contributed by atoms with Crippen molar-refractivity contribution in [2.45, 2.75) is 39.4 Å². The summed E-state index contributed by atoms with van der Waals surface area (Å²) in [5.41, 5.74) is 2.07. The molecule has 0 spiro atoms. The molecule has 0 N–H and O–H groups in total. The van der Waals surface area contributed by atoms with Crippen LogP contribution < -0.4 is 4.31 Å². The smallest absolute Gasteiger partial charge is 0.298 e. The monoisotopic (exact) mass is 415 g/mol. The van der Waals surface area contributed by atoms with Crippen molar-refractivity contribution in [2.24, 2.45) is 0 Å². The Labute approximate surface area is 173 Å². The van der Waals surface area contributed by atoms with Gasteiger partial charge in [-0.25, -0.2) is 0 Å². The molecule has 1 aliphatic rings. The number of piperazine rings is 1. The summed E-state index contributed by atoms with van der Waals surface area (Å²) in [5.74, 6) is -0.00972. The Bertz CT molecular complexity index is 933. The molecule has 0 aliphatic carbocycles. The fourth-order valence-electron chi connectivity index (χ4n) is 3.59. The van der Waals surface area contributed by atoms with E-state index in [2.05, 4.69) is 4.90 Å². The summed E-state index contributed by atoms with van der Waals surface area (Å²) < 4.78 is 30.3. The van der Waals surface area contributed by atoms with Gasteiger partial charge in [0, 0.05) is 30.7 Å². The number of Topliss-reactive ketones (excluding diaryl/α,β-unsaturated/α-hetero) is 1. The average Bonchev–Trinajstić information content (AvgIpc) is 2.70. The Morgan fingerprint density at radius 2 is 1.55 bits per heavy atom. The van der Waals surface area contributed by atoms with Crippen LogP contribution in [0.1, 0.15) is 36.7 Å². The molecule has 2 aromatic rings. The first kappa shape index (κ1) is 21.5. The van der Waals surface area contributed by atoms with Crippen LogP contribution in [-0.2, 0) is 16.8 Å². The molecular weight excluding hydrogens is 386 g/mol. The first-order valence-electron chi connectivity index (χ1n) is 9.85. The van der Waals surface area contributed by atoms with Crippen LogP contribution in [0.4, 0.5) is 5.69 Å². The predicted octanol–water partition coefficient (Wildman–Crippen LogP) is 3.17. The van der Waals surface area contributed by atoms with E-state index in [1.807, 2.05) is 63.4 Å². The lowest BCUT2D eigenvalue weighted by Crippen LogP contribution is -2.59. The lowest BCUT2D eigenvalue weighted by molar-refractivity contribution is 0.101. The first-order valence-corrected chi connectivity index (χ1v) is 11.2. The summed E-state index contributed by atoms with van der Waals surface area (Å²) in [6.07, 6.45) is 0. The number of carbonyl (C=O) groups excluding carboxylic acids is 1. The van der Waals surface area contributed by atoms with E-state index in [0.717, 1.165) is 5.56 Å². The Morgan fingerprint density at radius 3 is 2.07 bits per heavy atom. The third-order valence-electron chi connectivity index (χ3n) is 5.66. The molecule has 1 saturated heterocycles. The lowest BCUT2D eigenvalue weighted by Gasteiger charge is -2.43. The summed E-state index contributed by atoms with van der Waals surface area (Å²) in [7, 11) is -1.69. The number of hydrogen-bond acceptors (Lipinski definition) is 4. The van der Waals surface area contributed by atoms with E-state index in [1.54, 1.807) is 16.4 Å². The van der Waals surface area contributed by atoms with Gasteiger partial charge in [0.15, 0.2) is 5.78 Å². The van der Waals surface area contributed by atoms with Crippen molar-refractivity contribution in [2.75, 3.05) is 24.4 Å². The van der Waals surface area contributed by atoms with Gasteiger partial charge in [0.25, 0.3) is 0 Å². The third-order valence-corrected chi connectivity index (χ3v) is 7.51. The Morgan fingerprint density at radius 1 is 1.00 bits per heavy atom. The van der Waals surface area contributed by atoms with Gasteiger partial charge in [-0.15, -0.1) is 0 Å². The maximum Gasteiger partial charge on any atom is 0.304 e. The van der Waals surface area contributed by atoms with Crippen LogP contribution in [0.5, 0.6) is 0 Å². The molecule has 0 saturated carbocycles. The van der Waals surface area contributed by atoms with Gasteiger partial charge in [-0.2, -0.15) is 12.7 Å². The molecule has 1 aliphatic heterocycles. The molecule has 2 atom stereocenters.